The number of unbranched alkanes of at least 4 members (excludes halogenated alkanes) is 1. The fourth-order valence-corrected chi connectivity index (χ4v) is 1.65. The third-order valence-corrected chi connectivity index (χ3v) is 2.73. The van der Waals surface area contributed by atoms with Crippen LogP contribution in [0, 0.1) is 0 Å². The summed E-state index contributed by atoms with van der Waals surface area (Å²) in [5.41, 5.74) is 1.46. The fraction of sp³-hybridized carbons (Fsp3) is 0.400. The molecule has 1 aromatic carbocycles. The van der Waals surface area contributed by atoms with Crippen molar-refractivity contribution in [1.29, 1.82) is 0 Å². The van der Waals surface area contributed by atoms with Gasteiger partial charge in [0.15, 0.2) is 0 Å². The maximum Gasteiger partial charge on any atom is 0.311 e. The number of carbonyl (C=O) groups is 2. The number of aldehydes is 1. The Hall–Kier alpha value is -2.17. The minimum Gasteiger partial charge on any atom is -0.497 e. The van der Waals surface area contributed by atoms with Crippen LogP contribution in [-0.4, -0.2) is 38.7 Å². The van der Waals surface area contributed by atoms with Gasteiger partial charge in [-0.15, -0.1) is 0 Å². The van der Waals surface area contributed by atoms with Crippen molar-refractivity contribution in [3.8, 4) is 5.75 Å². The van der Waals surface area contributed by atoms with Gasteiger partial charge >= 0.3 is 5.97 Å². The maximum absolute atomic E-state index is 11.4. The summed E-state index contributed by atoms with van der Waals surface area (Å²) in [5, 5.41) is 0. The molecule has 0 heterocycles. The van der Waals surface area contributed by atoms with Gasteiger partial charge in [0.2, 0.25) is 0 Å². The molecule has 1 aromatic rings. The molecule has 1 rings (SSSR count). The lowest BCUT2D eigenvalue weighted by atomic mass is 10.1. The summed E-state index contributed by atoms with van der Waals surface area (Å²) in [4.78, 5) is 26.1. The van der Waals surface area contributed by atoms with Gasteiger partial charge in [-0.2, -0.15) is 0 Å². The number of benzene rings is 1. The minimum atomic E-state index is -0.345. The van der Waals surface area contributed by atoms with Crippen LogP contribution in [0.1, 0.15) is 24.8 Å². The van der Waals surface area contributed by atoms with Gasteiger partial charge in [0.25, 0.3) is 0 Å². The molecular formula is C15H19NO4. The van der Waals surface area contributed by atoms with Crippen molar-refractivity contribution in [2.75, 3.05) is 20.8 Å². The lowest BCUT2D eigenvalue weighted by Gasteiger charge is -2.08. The van der Waals surface area contributed by atoms with Crippen LogP contribution in [-0.2, 0) is 14.3 Å². The second kappa shape index (κ2) is 8.85. The van der Waals surface area contributed by atoms with Crippen molar-refractivity contribution in [2.45, 2.75) is 19.3 Å². The summed E-state index contributed by atoms with van der Waals surface area (Å²) >= 11 is 0. The first kappa shape index (κ1) is 15.9. The fourth-order valence-electron chi connectivity index (χ4n) is 1.65. The number of carbonyl (C=O) groups excluding carboxylic acids is 2. The number of methoxy groups -OCH3 is 2. The van der Waals surface area contributed by atoms with Crippen molar-refractivity contribution >= 4 is 18.0 Å². The zero-order chi connectivity index (χ0) is 14.8. The van der Waals surface area contributed by atoms with Crippen LogP contribution in [0.3, 0.4) is 0 Å². The van der Waals surface area contributed by atoms with Crippen molar-refractivity contribution in [2.24, 2.45) is 4.99 Å². The Bertz CT molecular complexity index is 483. The van der Waals surface area contributed by atoms with Crippen molar-refractivity contribution in [1.82, 2.24) is 0 Å². The van der Waals surface area contributed by atoms with E-state index in [1.165, 1.54) is 7.11 Å². The predicted molar refractivity (Wildman–Crippen MR) is 76.3 cm³/mol. The normalized spacial score (nSPS) is 11.0. The van der Waals surface area contributed by atoms with Gasteiger partial charge in [0.1, 0.15) is 12.0 Å². The van der Waals surface area contributed by atoms with Gasteiger partial charge in [-0.25, -0.2) is 0 Å². The van der Waals surface area contributed by atoms with E-state index >= 15 is 0 Å². The largest absolute Gasteiger partial charge is 0.497 e. The van der Waals surface area contributed by atoms with Crippen LogP contribution in [0.5, 0.6) is 5.75 Å². The van der Waals surface area contributed by atoms with Crippen molar-refractivity contribution in [3.05, 3.63) is 29.8 Å². The third kappa shape index (κ3) is 5.22. The SMILES string of the molecule is COC(=O)CC(=NCCCC=O)c1cccc(OC)c1. The first-order valence-corrected chi connectivity index (χ1v) is 6.39. The number of aliphatic imine (C=N–C) groups is 1. The third-order valence-electron chi connectivity index (χ3n) is 2.73. The molecule has 0 bridgehead atoms. The summed E-state index contributed by atoms with van der Waals surface area (Å²) in [6.07, 6.45) is 2.09. The van der Waals surface area contributed by atoms with Gasteiger partial charge < -0.3 is 14.3 Å². The molecule has 108 valence electrons. The molecule has 0 unspecified atom stereocenters. The molecule has 0 aliphatic heterocycles. The van der Waals surface area contributed by atoms with Gasteiger partial charge in [-0.05, 0) is 24.1 Å². The molecular weight excluding hydrogens is 258 g/mol. The van der Waals surface area contributed by atoms with E-state index in [9.17, 15) is 9.59 Å². The van der Waals surface area contributed by atoms with Crippen LogP contribution in [0.2, 0.25) is 0 Å². The zero-order valence-electron chi connectivity index (χ0n) is 11.8. The van der Waals surface area contributed by atoms with E-state index in [-0.39, 0.29) is 12.4 Å². The highest BCUT2D eigenvalue weighted by molar-refractivity contribution is 6.09. The van der Waals surface area contributed by atoms with E-state index in [4.69, 9.17) is 4.74 Å². The predicted octanol–water partition coefficient (Wildman–Crippen LogP) is 2.03. The smallest absolute Gasteiger partial charge is 0.311 e. The molecule has 5 nitrogen and oxygen atoms in total. The quantitative estimate of drug-likeness (QED) is 0.315. The summed E-state index contributed by atoms with van der Waals surface area (Å²) in [6, 6.07) is 7.35. The highest BCUT2D eigenvalue weighted by atomic mass is 16.5. The zero-order valence-corrected chi connectivity index (χ0v) is 11.8. The van der Waals surface area contributed by atoms with Crippen LogP contribution in [0.4, 0.5) is 0 Å². The Labute approximate surface area is 118 Å². The van der Waals surface area contributed by atoms with E-state index in [0.29, 0.717) is 30.8 Å². The number of nitrogens with zero attached hydrogens (tertiary/aromatic N) is 1. The highest BCUT2D eigenvalue weighted by Gasteiger charge is 2.10. The molecule has 5 heteroatoms. The van der Waals surface area contributed by atoms with Crippen LogP contribution in [0.15, 0.2) is 29.3 Å². The van der Waals surface area contributed by atoms with Gasteiger partial charge in [0.05, 0.1) is 26.4 Å². The van der Waals surface area contributed by atoms with Crippen LogP contribution >= 0.6 is 0 Å². The Morgan fingerprint density at radius 2 is 2.15 bits per heavy atom. The monoisotopic (exact) mass is 277 g/mol. The molecule has 0 aromatic heterocycles. The molecule has 0 radical (unpaired) electrons. The first-order chi connectivity index (χ1) is 9.71. The molecule has 0 saturated carbocycles. The van der Waals surface area contributed by atoms with Crippen molar-refractivity contribution < 1.29 is 19.1 Å². The molecule has 0 spiro atoms. The second-order valence-electron chi connectivity index (χ2n) is 4.12. The number of rotatable bonds is 8. The Balaban J connectivity index is 2.89. The number of hydrogen-bond donors (Lipinski definition) is 0. The molecule has 0 atom stereocenters. The standard InChI is InChI=1S/C15H19NO4/c1-19-13-7-5-6-12(10-13)14(11-15(18)20-2)16-8-3-4-9-17/h5-7,9-10H,3-4,8,11H2,1-2H3. The lowest BCUT2D eigenvalue weighted by molar-refractivity contribution is -0.139. The molecule has 0 fully saturated rings. The number of hydrogen-bond acceptors (Lipinski definition) is 5. The minimum absolute atomic E-state index is 0.102. The van der Waals surface area contributed by atoms with Gasteiger partial charge in [0, 0.05) is 13.0 Å². The van der Waals surface area contributed by atoms with E-state index in [1.807, 2.05) is 24.3 Å². The Kier molecular flexibility index (Phi) is 7.03. The summed E-state index contributed by atoms with van der Waals surface area (Å²) < 4.78 is 9.84. The van der Waals surface area contributed by atoms with E-state index < -0.39 is 0 Å². The van der Waals surface area contributed by atoms with Gasteiger partial charge in [-0.1, -0.05) is 12.1 Å². The molecule has 0 N–H and O–H groups in total. The Morgan fingerprint density at radius 1 is 1.35 bits per heavy atom. The number of esters is 1. The number of ether oxygens (including phenoxy) is 2. The van der Waals surface area contributed by atoms with E-state index in [1.54, 1.807) is 7.11 Å². The summed E-state index contributed by atoms with van der Waals surface area (Å²) in [6.45, 7) is 0.502. The maximum atomic E-state index is 11.4. The van der Waals surface area contributed by atoms with E-state index in [2.05, 4.69) is 9.73 Å². The molecule has 0 aliphatic rings. The van der Waals surface area contributed by atoms with Crippen LogP contribution in [0.25, 0.3) is 0 Å². The van der Waals surface area contributed by atoms with Crippen molar-refractivity contribution in [3.63, 3.8) is 0 Å². The van der Waals surface area contributed by atoms with Gasteiger partial charge in [-0.3, -0.25) is 9.79 Å². The summed E-state index contributed by atoms with van der Waals surface area (Å²) in [7, 11) is 2.93. The summed E-state index contributed by atoms with van der Waals surface area (Å²) in [5.74, 6) is 0.356. The molecule has 0 aliphatic carbocycles. The second-order valence-corrected chi connectivity index (χ2v) is 4.12. The lowest BCUT2D eigenvalue weighted by Crippen LogP contribution is -2.11. The molecule has 20 heavy (non-hydrogen) atoms. The topological polar surface area (TPSA) is 65.0 Å². The first-order valence-electron chi connectivity index (χ1n) is 6.39. The van der Waals surface area contributed by atoms with Crippen LogP contribution < -0.4 is 4.74 Å². The Morgan fingerprint density at radius 3 is 2.80 bits per heavy atom. The molecule has 0 amide bonds. The van der Waals surface area contributed by atoms with E-state index in [0.717, 1.165) is 11.8 Å². The highest BCUT2D eigenvalue weighted by Crippen LogP contribution is 2.15. The molecule has 0 saturated heterocycles. The average molecular weight is 277 g/mol. The average Bonchev–Trinajstić information content (AvgIpc) is 2.50.